The predicted molar refractivity (Wildman–Crippen MR) is 142 cm³/mol. The Morgan fingerprint density at radius 2 is 1.69 bits per heavy atom. The summed E-state index contributed by atoms with van der Waals surface area (Å²) in [4.78, 5) is 36.6. The monoisotopic (exact) mass is 548 g/mol. The van der Waals surface area contributed by atoms with Gasteiger partial charge in [-0.25, -0.2) is 18.2 Å². The van der Waals surface area contributed by atoms with Crippen LogP contribution in [0.1, 0.15) is 70.9 Å². The van der Waals surface area contributed by atoms with Gasteiger partial charge in [-0.2, -0.15) is 0 Å². The number of anilines is 2. The first-order valence-corrected chi connectivity index (χ1v) is 14.8. The van der Waals surface area contributed by atoms with Crippen LogP contribution >= 0.6 is 0 Å². The van der Waals surface area contributed by atoms with Gasteiger partial charge in [0.2, 0.25) is 0 Å². The summed E-state index contributed by atoms with van der Waals surface area (Å²) in [6, 6.07) is 9.85. The predicted octanol–water partition coefficient (Wildman–Crippen LogP) is 3.72. The molecule has 0 spiro atoms. The molecule has 2 fully saturated rings. The maximum atomic E-state index is 13.1. The molecule has 2 saturated carbocycles. The van der Waals surface area contributed by atoms with Crippen molar-refractivity contribution in [2.75, 3.05) is 24.3 Å². The van der Waals surface area contributed by atoms with Gasteiger partial charge < -0.3 is 20.1 Å². The van der Waals surface area contributed by atoms with Gasteiger partial charge in [-0.05, 0) is 61.6 Å². The van der Waals surface area contributed by atoms with Crippen molar-refractivity contribution in [3.05, 3.63) is 71.2 Å². The molecule has 1 aliphatic heterocycles. The molecule has 2 N–H and O–H groups in total. The lowest BCUT2D eigenvalue weighted by molar-refractivity contribution is -0.139. The van der Waals surface area contributed by atoms with Crippen LogP contribution in [0, 0.1) is 0 Å². The zero-order valence-corrected chi connectivity index (χ0v) is 22.1. The average Bonchev–Trinajstić information content (AvgIpc) is 3.83. The molecule has 3 heterocycles. The minimum atomic E-state index is -3.44. The highest BCUT2D eigenvalue weighted by molar-refractivity contribution is 7.90. The topological polar surface area (TPSA) is 139 Å². The van der Waals surface area contributed by atoms with Gasteiger partial charge in [0.05, 0.1) is 17.0 Å². The van der Waals surface area contributed by atoms with Crippen molar-refractivity contribution < 1.29 is 27.9 Å². The van der Waals surface area contributed by atoms with Crippen LogP contribution in [0.4, 0.5) is 11.5 Å². The minimum Gasteiger partial charge on any atom is -0.488 e. The molecule has 6 rings (SSSR count). The highest BCUT2D eigenvalue weighted by Crippen LogP contribution is 2.46. The number of amides is 1. The van der Waals surface area contributed by atoms with Gasteiger partial charge in [-0.15, -0.1) is 0 Å². The number of fused-ring (bicyclic) bond motifs is 1. The lowest BCUT2D eigenvalue weighted by Crippen LogP contribution is -2.34. The van der Waals surface area contributed by atoms with Crippen molar-refractivity contribution in [3.63, 3.8) is 0 Å². The summed E-state index contributed by atoms with van der Waals surface area (Å²) in [6.45, 7) is 1.01. The second-order valence-corrected chi connectivity index (χ2v) is 12.4. The Hall–Kier alpha value is -3.99. The molecule has 10 nitrogen and oxygen atoms in total. The molecule has 3 aromatic rings. The molecule has 1 amide bonds. The number of carboxylic acids is 1. The quantitative estimate of drug-likeness (QED) is 0.431. The number of benzene rings is 1. The van der Waals surface area contributed by atoms with Crippen molar-refractivity contribution in [1.29, 1.82) is 0 Å². The minimum absolute atomic E-state index is 0.0602. The second kappa shape index (κ2) is 9.64. The van der Waals surface area contributed by atoms with Crippen molar-refractivity contribution in [2.24, 2.45) is 0 Å². The number of pyridine rings is 2. The number of aliphatic carboxylic acids is 1. The third-order valence-electron chi connectivity index (χ3n) is 7.24. The summed E-state index contributed by atoms with van der Waals surface area (Å²) in [5.74, 6) is 0.161. The summed E-state index contributed by atoms with van der Waals surface area (Å²) >= 11 is 0. The number of carboxylic acid groups (broad SMARTS) is 1. The van der Waals surface area contributed by atoms with E-state index in [-0.39, 0.29) is 16.0 Å². The van der Waals surface area contributed by atoms with Crippen LogP contribution in [-0.2, 0) is 14.6 Å². The molecule has 0 saturated heterocycles. The fourth-order valence-electron chi connectivity index (χ4n) is 4.77. The zero-order valence-electron chi connectivity index (χ0n) is 21.3. The van der Waals surface area contributed by atoms with Gasteiger partial charge >= 0.3 is 5.97 Å². The van der Waals surface area contributed by atoms with E-state index in [1.165, 1.54) is 30.5 Å². The summed E-state index contributed by atoms with van der Waals surface area (Å²) in [5, 5.41) is 12.3. The number of carbonyl (C=O) groups is 2. The molecule has 0 bridgehead atoms. The Kier molecular flexibility index (Phi) is 6.25. The Balaban J connectivity index is 1.25. The highest BCUT2D eigenvalue weighted by atomic mass is 32.2. The van der Waals surface area contributed by atoms with Crippen LogP contribution in [0.5, 0.6) is 5.75 Å². The van der Waals surface area contributed by atoms with Crippen LogP contribution in [0.15, 0.2) is 53.6 Å². The Labute approximate surface area is 226 Å². The van der Waals surface area contributed by atoms with Crippen molar-refractivity contribution >= 4 is 33.2 Å². The van der Waals surface area contributed by atoms with Gasteiger partial charge in [0.15, 0.2) is 27.4 Å². The number of ether oxygens (including phenoxy) is 1. The lowest BCUT2D eigenvalue weighted by Gasteiger charge is -2.31. The maximum Gasteiger partial charge on any atom is 0.330 e. The molecule has 39 heavy (non-hydrogen) atoms. The Morgan fingerprint density at radius 1 is 1.05 bits per heavy atom. The molecule has 1 unspecified atom stereocenters. The number of hydrogen-bond acceptors (Lipinski definition) is 8. The van der Waals surface area contributed by atoms with Crippen LogP contribution in [0.3, 0.4) is 0 Å². The normalized spacial score (nSPS) is 17.6. The van der Waals surface area contributed by atoms with Crippen molar-refractivity contribution in [1.82, 2.24) is 15.3 Å². The molecule has 0 radical (unpaired) electrons. The third kappa shape index (κ3) is 5.31. The Bertz CT molecular complexity index is 1540. The SMILES string of the molecule is CS(=O)(=O)c1ccc(C(NC(=O)c2cnc3c(c2)OCCN3c2cc(C3CC3)nc(C3CC3)c2)C(=O)O)cc1. The van der Waals surface area contributed by atoms with Gasteiger partial charge in [-0.1, -0.05) is 12.1 Å². The first-order chi connectivity index (χ1) is 18.7. The maximum absolute atomic E-state index is 13.1. The fraction of sp³-hybridized carbons (Fsp3) is 0.357. The number of nitrogens with one attached hydrogen (secondary N) is 1. The molecular formula is C28H28N4O6S. The van der Waals surface area contributed by atoms with Gasteiger partial charge in [0.1, 0.15) is 6.61 Å². The third-order valence-corrected chi connectivity index (χ3v) is 8.37. The molecule has 2 aliphatic carbocycles. The molecule has 202 valence electrons. The van der Waals surface area contributed by atoms with E-state index in [0.29, 0.717) is 36.6 Å². The summed E-state index contributed by atoms with van der Waals surface area (Å²) in [5.41, 5.74) is 3.67. The number of rotatable bonds is 8. The van der Waals surface area contributed by atoms with Gasteiger partial charge in [-0.3, -0.25) is 9.78 Å². The first-order valence-electron chi connectivity index (χ1n) is 12.9. The van der Waals surface area contributed by atoms with E-state index >= 15 is 0 Å². The molecule has 2 aromatic heterocycles. The van der Waals surface area contributed by atoms with Crippen LogP contribution < -0.4 is 15.0 Å². The van der Waals surface area contributed by atoms with Crippen LogP contribution in [-0.4, -0.2) is 54.8 Å². The summed E-state index contributed by atoms with van der Waals surface area (Å²) in [7, 11) is -3.44. The number of sulfone groups is 1. The van der Waals surface area contributed by atoms with Gasteiger partial charge in [0.25, 0.3) is 5.91 Å². The fourth-order valence-corrected chi connectivity index (χ4v) is 5.41. The zero-order chi connectivity index (χ0) is 27.3. The van der Waals surface area contributed by atoms with Crippen LogP contribution in [0.25, 0.3) is 0 Å². The summed E-state index contributed by atoms with van der Waals surface area (Å²) in [6.07, 6.45) is 7.13. The molecule has 11 heteroatoms. The molecule has 3 aliphatic rings. The van der Waals surface area contributed by atoms with E-state index in [9.17, 15) is 23.1 Å². The smallest absolute Gasteiger partial charge is 0.330 e. The highest BCUT2D eigenvalue weighted by Gasteiger charge is 2.32. The van der Waals surface area contributed by atoms with E-state index in [4.69, 9.17) is 9.72 Å². The average molecular weight is 549 g/mol. The standard InChI is InChI=1S/C28H28N4O6S/c1-39(36,37)21-8-6-18(7-9-21)25(28(34)35)31-27(33)19-12-24-26(29-15-19)32(10-11-38-24)20-13-22(16-2-3-16)30-23(14-20)17-4-5-17/h6-9,12-17,25H,2-5,10-11H2,1H3,(H,31,33)(H,34,35). The summed E-state index contributed by atoms with van der Waals surface area (Å²) < 4.78 is 29.3. The number of nitrogens with zero attached hydrogens (tertiary/aromatic N) is 3. The number of carbonyl (C=O) groups excluding carboxylic acids is 1. The van der Waals surface area contributed by atoms with E-state index in [1.807, 2.05) is 0 Å². The van der Waals surface area contributed by atoms with E-state index < -0.39 is 27.8 Å². The number of aromatic nitrogens is 2. The molecule has 1 aromatic carbocycles. The van der Waals surface area contributed by atoms with E-state index in [1.54, 1.807) is 6.07 Å². The van der Waals surface area contributed by atoms with Crippen LogP contribution in [0.2, 0.25) is 0 Å². The molecular weight excluding hydrogens is 520 g/mol. The lowest BCUT2D eigenvalue weighted by atomic mass is 10.1. The van der Waals surface area contributed by atoms with Crippen molar-refractivity contribution in [3.8, 4) is 5.75 Å². The largest absolute Gasteiger partial charge is 0.488 e. The van der Waals surface area contributed by atoms with Gasteiger partial charge in [0, 0.05) is 41.4 Å². The second-order valence-electron chi connectivity index (χ2n) is 10.4. The van der Waals surface area contributed by atoms with Crippen molar-refractivity contribution in [2.45, 2.75) is 48.5 Å². The van der Waals surface area contributed by atoms with E-state index in [2.05, 4.69) is 27.3 Å². The Morgan fingerprint density at radius 3 is 2.26 bits per heavy atom. The first kappa shape index (κ1) is 25.3. The number of hydrogen-bond donors (Lipinski definition) is 2. The molecule has 1 atom stereocenters. The van der Waals surface area contributed by atoms with E-state index in [0.717, 1.165) is 49.0 Å².